The van der Waals surface area contributed by atoms with Crippen LogP contribution >= 0.6 is 27.3 Å². The molecular formula is C21H21BrN2O5S. The standard InChI is InChI=1S/C21H21BrN2O5S/c1-5-28-17-13(22)9-12(10-14(17)27-4)7-8-15-23-19(25)16-11(3)18(21(26)29-6-2)30-20(16)24-15/h7-10H,5-6H2,1-4H3,(H,23,24,25)/b8-7+. The van der Waals surface area contributed by atoms with E-state index in [1.807, 2.05) is 19.1 Å². The number of nitrogens with one attached hydrogen (secondary N) is 1. The predicted molar refractivity (Wildman–Crippen MR) is 122 cm³/mol. The Morgan fingerprint density at radius 2 is 2.03 bits per heavy atom. The van der Waals surface area contributed by atoms with Crippen LogP contribution in [0.25, 0.3) is 22.4 Å². The largest absolute Gasteiger partial charge is 0.493 e. The minimum atomic E-state index is -0.444. The Bertz CT molecular complexity index is 1180. The summed E-state index contributed by atoms with van der Waals surface area (Å²) < 4.78 is 16.8. The van der Waals surface area contributed by atoms with E-state index in [1.165, 1.54) is 0 Å². The Morgan fingerprint density at radius 3 is 2.70 bits per heavy atom. The van der Waals surface area contributed by atoms with Gasteiger partial charge in [-0.25, -0.2) is 9.78 Å². The highest BCUT2D eigenvalue weighted by molar-refractivity contribution is 9.10. The molecule has 7 nitrogen and oxygen atoms in total. The fourth-order valence-corrected chi connectivity index (χ4v) is 4.58. The van der Waals surface area contributed by atoms with Gasteiger partial charge in [-0.3, -0.25) is 4.79 Å². The maximum absolute atomic E-state index is 12.6. The highest BCUT2D eigenvalue weighted by atomic mass is 79.9. The van der Waals surface area contributed by atoms with Crippen molar-refractivity contribution in [3.05, 3.63) is 48.8 Å². The molecule has 0 saturated heterocycles. The number of methoxy groups -OCH3 is 1. The molecule has 0 saturated carbocycles. The Kier molecular flexibility index (Phi) is 6.94. The van der Waals surface area contributed by atoms with E-state index in [-0.39, 0.29) is 12.2 Å². The minimum absolute atomic E-state index is 0.269. The molecule has 0 aliphatic carbocycles. The van der Waals surface area contributed by atoms with E-state index in [9.17, 15) is 9.59 Å². The number of hydrogen-bond donors (Lipinski definition) is 1. The number of nitrogens with zero attached hydrogens (tertiary/aromatic N) is 1. The highest BCUT2D eigenvalue weighted by Gasteiger charge is 2.19. The first-order valence-electron chi connectivity index (χ1n) is 9.28. The van der Waals surface area contributed by atoms with Crippen molar-refractivity contribution in [2.45, 2.75) is 20.8 Å². The Labute approximate surface area is 185 Å². The molecule has 2 aromatic heterocycles. The summed E-state index contributed by atoms with van der Waals surface area (Å²) >= 11 is 4.65. The summed E-state index contributed by atoms with van der Waals surface area (Å²) in [7, 11) is 1.57. The molecule has 0 radical (unpaired) electrons. The van der Waals surface area contributed by atoms with Gasteiger partial charge in [0.25, 0.3) is 5.56 Å². The van der Waals surface area contributed by atoms with Crippen molar-refractivity contribution in [1.29, 1.82) is 0 Å². The number of ether oxygens (including phenoxy) is 3. The summed E-state index contributed by atoms with van der Waals surface area (Å²) in [6, 6.07) is 3.71. The van der Waals surface area contributed by atoms with Gasteiger partial charge >= 0.3 is 5.97 Å². The number of benzene rings is 1. The number of carbonyl (C=O) groups excluding carboxylic acids is 1. The van der Waals surface area contributed by atoms with Gasteiger partial charge in [-0.05, 0) is 66.0 Å². The first kappa shape index (κ1) is 22.0. The minimum Gasteiger partial charge on any atom is -0.493 e. The number of aryl methyl sites for hydroxylation is 1. The number of thiophene rings is 1. The van der Waals surface area contributed by atoms with Gasteiger partial charge in [-0.2, -0.15) is 0 Å². The van der Waals surface area contributed by atoms with Crippen LogP contribution in [0.2, 0.25) is 0 Å². The van der Waals surface area contributed by atoms with Gasteiger partial charge in [-0.1, -0.05) is 6.08 Å². The van der Waals surface area contributed by atoms with E-state index >= 15 is 0 Å². The third-order valence-corrected chi connectivity index (χ3v) is 6.01. The van der Waals surface area contributed by atoms with Crippen LogP contribution in [-0.4, -0.2) is 36.3 Å². The van der Waals surface area contributed by atoms with Crippen LogP contribution < -0.4 is 15.0 Å². The van der Waals surface area contributed by atoms with Gasteiger partial charge in [0.15, 0.2) is 11.5 Å². The Hall–Kier alpha value is -2.65. The summed E-state index contributed by atoms with van der Waals surface area (Å²) in [5.41, 5.74) is 1.12. The molecule has 3 rings (SSSR count). The van der Waals surface area contributed by atoms with E-state index in [4.69, 9.17) is 14.2 Å². The number of H-pyrrole nitrogens is 1. The molecule has 0 unspecified atom stereocenters. The van der Waals surface area contributed by atoms with Crippen LogP contribution in [0, 0.1) is 6.92 Å². The lowest BCUT2D eigenvalue weighted by molar-refractivity contribution is 0.0531. The molecule has 0 aliphatic rings. The molecule has 9 heteroatoms. The molecular weight excluding hydrogens is 472 g/mol. The van der Waals surface area contributed by atoms with E-state index < -0.39 is 5.97 Å². The Balaban J connectivity index is 1.98. The first-order valence-corrected chi connectivity index (χ1v) is 10.9. The third kappa shape index (κ3) is 4.41. The fourth-order valence-electron chi connectivity index (χ4n) is 2.93. The number of carbonyl (C=O) groups is 1. The van der Waals surface area contributed by atoms with E-state index in [2.05, 4.69) is 25.9 Å². The SMILES string of the molecule is CCOC(=O)c1sc2nc(/C=C/c3cc(Br)c(OCC)c(OC)c3)[nH]c(=O)c2c1C. The number of hydrogen-bond acceptors (Lipinski definition) is 7. The van der Waals surface area contributed by atoms with Gasteiger partial charge in [0.05, 0.1) is 30.2 Å². The summed E-state index contributed by atoms with van der Waals surface area (Å²) in [4.78, 5) is 32.8. The zero-order chi connectivity index (χ0) is 21.8. The fraction of sp³-hybridized carbons (Fsp3) is 0.286. The lowest BCUT2D eigenvalue weighted by Gasteiger charge is -2.12. The number of aromatic amines is 1. The lowest BCUT2D eigenvalue weighted by Crippen LogP contribution is -2.10. The second kappa shape index (κ2) is 9.44. The van der Waals surface area contributed by atoms with Crippen molar-refractivity contribution in [3.63, 3.8) is 0 Å². The average Bonchev–Trinajstić information content (AvgIpc) is 3.05. The second-order valence-corrected chi connectivity index (χ2v) is 8.06. The van der Waals surface area contributed by atoms with Crippen molar-refractivity contribution in [1.82, 2.24) is 9.97 Å². The van der Waals surface area contributed by atoms with Crippen LogP contribution in [0.15, 0.2) is 21.4 Å². The average molecular weight is 493 g/mol. The zero-order valence-corrected chi connectivity index (χ0v) is 19.4. The van der Waals surface area contributed by atoms with Crippen molar-refractivity contribution in [2.75, 3.05) is 20.3 Å². The maximum Gasteiger partial charge on any atom is 0.348 e. The van der Waals surface area contributed by atoms with Crippen LogP contribution in [-0.2, 0) is 4.74 Å². The van der Waals surface area contributed by atoms with Gasteiger partial charge in [0.2, 0.25) is 0 Å². The molecule has 0 spiro atoms. The zero-order valence-electron chi connectivity index (χ0n) is 17.0. The normalized spacial score (nSPS) is 11.2. The molecule has 0 bridgehead atoms. The number of rotatable bonds is 7. The topological polar surface area (TPSA) is 90.5 Å². The third-order valence-electron chi connectivity index (χ3n) is 4.25. The first-order chi connectivity index (χ1) is 14.4. The summed E-state index contributed by atoms with van der Waals surface area (Å²) in [5, 5.41) is 0.408. The molecule has 1 aromatic carbocycles. The predicted octanol–water partition coefficient (Wildman–Crippen LogP) is 4.81. The highest BCUT2D eigenvalue weighted by Crippen LogP contribution is 2.37. The molecule has 3 aromatic rings. The quantitative estimate of drug-likeness (QED) is 0.475. The van der Waals surface area contributed by atoms with Crippen molar-refractivity contribution in [2.24, 2.45) is 0 Å². The molecule has 0 atom stereocenters. The number of fused-ring (bicyclic) bond motifs is 1. The molecule has 0 fully saturated rings. The smallest absolute Gasteiger partial charge is 0.348 e. The molecule has 0 aliphatic heterocycles. The molecule has 0 amide bonds. The second-order valence-electron chi connectivity index (χ2n) is 6.21. The van der Waals surface area contributed by atoms with Gasteiger partial charge < -0.3 is 19.2 Å². The number of aromatic nitrogens is 2. The van der Waals surface area contributed by atoms with Crippen LogP contribution in [0.4, 0.5) is 0 Å². The maximum atomic E-state index is 12.6. The molecule has 2 heterocycles. The van der Waals surface area contributed by atoms with Crippen molar-refractivity contribution < 1.29 is 19.0 Å². The van der Waals surface area contributed by atoms with Gasteiger partial charge in [0.1, 0.15) is 15.5 Å². The summed E-state index contributed by atoms with van der Waals surface area (Å²) in [6.45, 7) is 6.15. The van der Waals surface area contributed by atoms with Crippen LogP contribution in [0.3, 0.4) is 0 Å². The number of halogens is 1. The van der Waals surface area contributed by atoms with Gasteiger partial charge in [-0.15, -0.1) is 11.3 Å². The number of esters is 1. The summed E-state index contributed by atoms with van der Waals surface area (Å²) in [5.74, 6) is 1.16. The van der Waals surface area contributed by atoms with E-state index in [0.29, 0.717) is 44.6 Å². The summed E-state index contributed by atoms with van der Waals surface area (Å²) in [6.07, 6.45) is 3.50. The molecule has 158 valence electrons. The monoisotopic (exact) mass is 492 g/mol. The van der Waals surface area contributed by atoms with Crippen molar-refractivity contribution >= 4 is 55.6 Å². The van der Waals surface area contributed by atoms with E-state index in [0.717, 1.165) is 21.4 Å². The Morgan fingerprint density at radius 1 is 1.27 bits per heavy atom. The van der Waals surface area contributed by atoms with Crippen LogP contribution in [0.1, 0.15) is 40.5 Å². The van der Waals surface area contributed by atoms with Crippen LogP contribution in [0.5, 0.6) is 11.5 Å². The van der Waals surface area contributed by atoms with E-state index in [1.54, 1.807) is 33.1 Å². The molecule has 1 N–H and O–H groups in total. The van der Waals surface area contributed by atoms with Gasteiger partial charge in [0, 0.05) is 0 Å². The lowest BCUT2D eigenvalue weighted by atomic mass is 10.2. The molecule has 30 heavy (non-hydrogen) atoms. The van der Waals surface area contributed by atoms with Crippen molar-refractivity contribution in [3.8, 4) is 11.5 Å².